The van der Waals surface area contributed by atoms with E-state index < -0.39 is 6.03 Å². The zero-order valence-corrected chi connectivity index (χ0v) is 15.8. The highest BCUT2D eigenvalue weighted by Gasteiger charge is 2.35. The molecule has 4 amide bonds. The second-order valence-corrected chi connectivity index (χ2v) is 7.23. The molecule has 0 aliphatic carbocycles. The molecule has 3 rings (SSSR count). The summed E-state index contributed by atoms with van der Waals surface area (Å²) in [6.45, 7) is 4.25. The molecule has 1 aliphatic rings. The molecule has 0 fully saturated rings. The highest BCUT2D eigenvalue weighted by Crippen LogP contribution is 2.26. The van der Waals surface area contributed by atoms with Gasteiger partial charge < -0.3 is 5.32 Å². The van der Waals surface area contributed by atoms with Crippen molar-refractivity contribution in [1.29, 1.82) is 0 Å². The van der Waals surface area contributed by atoms with Crippen LogP contribution in [0.2, 0.25) is 0 Å². The first kappa shape index (κ1) is 18.1. The first-order valence-corrected chi connectivity index (χ1v) is 8.84. The Hall–Kier alpha value is -2.74. The fourth-order valence-electron chi connectivity index (χ4n) is 2.63. The van der Waals surface area contributed by atoms with Crippen molar-refractivity contribution >= 4 is 45.3 Å². The molecule has 0 saturated carbocycles. The van der Waals surface area contributed by atoms with Crippen LogP contribution < -0.4 is 10.6 Å². The monoisotopic (exact) mass is 416 g/mol. The summed E-state index contributed by atoms with van der Waals surface area (Å²) in [5, 5.41) is 5.24. The summed E-state index contributed by atoms with van der Waals surface area (Å²) in [5.41, 5.74) is 1.08. The highest BCUT2D eigenvalue weighted by molar-refractivity contribution is 9.10. The molecular formula is C18H17BrN4O3. The predicted octanol–water partition coefficient (Wildman–Crippen LogP) is 3.74. The van der Waals surface area contributed by atoms with Gasteiger partial charge in [0.05, 0.1) is 11.1 Å². The number of nitrogens with one attached hydrogen (secondary N) is 2. The van der Waals surface area contributed by atoms with Gasteiger partial charge in [-0.25, -0.2) is 9.78 Å². The summed E-state index contributed by atoms with van der Waals surface area (Å²) >= 11 is 3.27. The first-order chi connectivity index (χ1) is 12.3. The van der Waals surface area contributed by atoms with Crippen LogP contribution in [0.1, 0.15) is 34.6 Å². The normalized spacial score (nSPS) is 13.2. The number of amides is 4. The number of hydrogen-bond donors (Lipinski definition) is 2. The maximum Gasteiger partial charge on any atom is 0.324 e. The SMILES string of the molecule is CC(C)CN1C(=O)c2ccc(NC(=O)Nc3ccc(Br)cn3)cc2C1=O. The van der Waals surface area contributed by atoms with Crippen molar-refractivity contribution in [2.24, 2.45) is 5.92 Å². The number of anilines is 2. The standard InChI is InChI=1S/C18H17BrN4O3/c1-10(2)9-23-16(24)13-5-4-12(7-14(13)17(23)25)21-18(26)22-15-6-3-11(19)8-20-15/h3-8,10H,9H2,1-2H3,(H2,20,21,22,26). The number of rotatable bonds is 4. The van der Waals surface area contributed by atoms with Crippen molar-refractivity contribution < 1.29 is 14.4 Å². The van der Waals surface area contributed by atoms with Crippen LogP contribution in [0.3, 0.4) is 0 Å². The first-order valence-electron chi connectivity index (χ1n) is 8.05. The third-order valence-corrected chi connectivity index (χ3v) is 4.21. The predicted molar refractivity (Wildman–Crippen MR) is 101 cm³/mol. The Morgan fingerprint density at radius 2 is 1.85 bits per heavy atom. The summed E-state index contributed by atoms with van der Waals surface area (Å²) < 4.78 is 0.802. The zero-order chi connectivity index (χ0) is 18.8. The molecule has 134 valence electrons. The molecule has 0 saturated heterocycles. The van der Waals surface area contributed by atoms with Gasteiger partial charge in [0.25, 0.3) is 11.8 Å². The van der Waals surface area contributed by atoms with Gasteiger partial charge in [-0.2, -0.15) is 0 Å². The van der Waals surface area contributed by atoms with Crippen molar-refractivity contribution in [3.63, 3.8) is 0 Å². The Morgan fingerprint density at radius 3 is 2.50 bits per heavy atom. The molecule has 0 radical (unpaired) electrons. The zero-order valence-electron chi connectivity index (χ0n) is 14.2. The van der Waals surface area contributed by atoms with E-state index in [1.165, 1.54) is 11.0 Å². The smallest absolute Gasteiger partial charge is 0.308 e. The van der Waals surface area contributed by atoms with Gasteiger partial charge >= 0.3 is 6.03 Å². The van der Waals surface area contributed by atoms with Gasteiger partial charge in [-0.3, -0.25) is 19.8 Å². The Kier molecular flexibility index (Phi) is 5.03. The molecule has 1 aromatic heterocycles. The maximum atomic E-state index is 12.5. The number of nitrogens with zero attached hydrogens (tertiary/aromatic N) is 2. The number of carbonyl (C=O) groups excluding carboxylic acids is 3. The summed E-state index contributed by atoms with van der Waals surface area (Å²) in [7, 11) is 0. The van der Waals surface area contributed by atoms with E-state index in [-0.39, 0.29) is 17.7 Å². The topological polar surface area (TPSA) is 91.4 Å². The van der Waals surface area contributed by atoms with Crippen molar-refractivity contribution in [2.45, 2.75) is 13.8 Å². The lowest BCUT2D eigenvalue weighted by Gasteiger charge is -2.15. The average Bonchev–Trinajstić information content (AvgIpc) is 2.81. The molecule has 0 atom stereocenters. The van der Waals surface area contributed by atoms with Crippen LogP contribution in [-0.4, -0.2) is 34.3 Å². The fourth-order valence-corrected chi connectivity index (χ4v) is 2.86. The lowest BCUT2D eigenvalue weighted by Crippen LogP contribution is -2.33. The molecule has 8 heteroatoms. The van der Waals surface area contributed by atoms with Gasteiger partial charge in [0.1, 0.15) is 5.82 Å². The van der Waals surface area contributed by atoms with Crippen molar-refractivity contribution in [3.05, 3.63) is 52.1 Å². The van der Waals surface area contributed by atoms with Crippen molar-refractivity contribution in [3.8, 4) is 0 Å². The van der Waals surface area contributed by atoms with Crippen LogP contribution in [0.25, 0.3) is 0 Å². The van der Waals surface area contributed by atoms with Crippen LogP contribution >= 0.6 is 15.9 Å². The number of halogens is 1. The number of urea groups is 1. The Morgan fingerprint density at radius 1 is 1.12 bits per heavy atom. The minimum atomic E-state index is -0.490. The van der Waals surface area contributed by atoms with Crippen LogP contribution in [0, 0.1) is 5.92 Å². The van der Waals surface area contributed by atoms with Crippen LogP contribution in [-0.2, 0) is 0 Å². The summed E-state index contributed by atoms with van der Waals surface area (Å²) in [4.78, 5) is 42.2. The van der Waals surface area contributed by atoms with E-state index >= 15 is 0 Å². The largest absolute Gasteiger partial charge is 0.324 e. The lowest BCUT2D eigenvalue weighted by molar-refractivity contribution is 0.0636. The Labute approximate surface area is 158 Å². The number of benzene rings is 1. The van der Waals surface area contributed by atoms with Gasteiger partial charge in [0.2, 0.25) is 0 Å². The van der Waals surface area contributed by atoms with Crippen LogP contribution in [0.5, 0.6) is 0 Å². The lowest BCUT2D eigenvalue weighted by atomic mass is 10.1. The van der Waals surface area contributed by atoms with Crippen LogP contribution in [0.15, 0.2) is 41.0 Å². The highest BCUT2D eigenvalue weighted by atomic mass is 79.9. The van der Waals surface area contributed by atoms with Crippen molar-refractivity contribution in [1.82, 2.24) is 9.88 Å². The van der Waals surface area contributed by atoms with E-state index in [1.807, 2.05) is 13.8 Å². The number of aromatic nitrogens is 1. The van der Waals surface area contributed by atoms with E-state index in [2.05, 4.69) is 31.5 Å². The van der Waals surface area contributed by atoms with Crippen molar-refractivity contribution in [2.75, 3.05) is 17.2 Å². The quantitative estimate of drug-likeness (QED) is 0.742. The fraction of sp³-hybridized carbons (Fsp3) is 0.222. The number of hydrogen-bond acceptors (Lipinski definition) is 4. The number of carbonyl (C=O) groups is 3. The minimum Gasteiger partial charge on any atom is -0.308 e. The third-order valence-electron chi connectivity index (χ3n) is 3.75. The van der Waals surface area contributed by atoms with Gasteiger partial charge in [-0.05, 0) is 52.2 Å². The molecule has 2 aromatic rings. The number of fused-ring (bicyclic) bond motifs is 1. The Bertz CT molecular complexity index is 881. The van der Waals surface area contributed by atoms with Gasteiger partial charge in [0, 0.05) is 22.9 Å². The molecule has 26 heavy (non-hydrogen) atoms. The van der Waals surface area contributed by atoms with Gasteiger partial charge in [-0.15, -0.1) is 0 Å². The summed E-state index contributed by atoms with van der Waals surface area (Å²) in [5.74, 6) is -0.0636. The average molecular weight is 417 g/mol. The maximum absolute atomic E-state index is 12.5. The molecule has 0 bridgehead atoms. The molecular weight excluding hydrogens is 400 g/mol. The second kappa shape index (κ2) is 7.25. The van der Waals surface area contributed by atoms with Gasteiger partial charge in [-0.1, -0.05) is 13.8 Å². The van der Waals surface area contributed by atoms with E-state index in [0.717, 1.165) is 4.47 Å². The van der Waals surface area contributed by atoms with E-state index in [1.54, 1.807) is 30.5 Å². The summed E-state index contributed by atoms with van der Waals surface area (Å²) in [6.07, 6.45) is 1.57. The van der Waals surface area contributed by atoms with E-state index in [0.29, 0.717) is 29.2 Å². The minimum absolute atomic E-state index is 0.180. The second-order valence-electron chi connectivity index (χ2n) is 6.32. The Balaban J connectivity index is 1.73. The van der Waals surface area contributed by atoms with Gasteiger partial charge in [0.15, 0.2) is 0 Å². The molecule has 7 nitrogen and oxygen atoms in total. The summed E-state index contributed by atoms with van der Waals surface area (Å²) in [6, 6.07) is 7.59. The third kappa shape index (κ3) is 3.75. The molecule has 2 heterocycles. The molecule has 2 N–H and O–H groups in total. The number of pyridine rings is 1. The van der Waals surface area contributed by atoms with E-state index in [9.17, 15) is 14.4 Å². The molecule has 1 aliphatic heterocycles. The number of imide groups is 1. The van der Waals surface area contributed by atoms with E-state index in [4.69, 9.17) is 0 Å². The molecule has 0 unspecified atom stereocenters. The molecule has 0 spiro atoms. The van der Waals surface area contributed by atoms with Crippen LogP contribution in [0.4, 0.5) is 16.3 Å². The molecule has 1 aromatic carbocycles.